The first kappa shape index (κ1) is 13.4. The fourth-order valence-electron chi connectivity index (χ4n) is 2.72. The van der Waals surface area contributed by atoms with Crippen molar-refractivity contribution in [1.82, 2.24) is 4.90 Å². The summed E-state index contributed by atoms with van der Waals surface area (Å²) < 4.78 is 5.32. The van der Waals surface area contributed by atoms with Crippen LogP contribution in [0.5, 0.6) is 0 Å². The minimum Gasteiger partial charge on any atom is -0.443 e. The third kappa shape index (κ3) is 2.29. The molecule has 3 nitrogen and oxygen atoms in total. The highest BCUT2D eigenvalue weighted by atomic mass is 79.9. The number of carbonyl (C=O) groups excluding carboxylic acids is 1. The Labute approximate surface area is 126 Å². The molecule has 2 aromatic carbocycles. The van der Waals surface area contributed by atoms with Crippen LogP contribution in [0.2, 0.25) is 0 Å². The van der Waals surface area contributed by atoms with Crippen molar-refractivity contribution in [2.45, 2.75) is 19.1 Å². The van der Waals surface area contributed by atoms with Crippen LogP contribution in [0.15, 0.2) is 42.5 Å². The zero-order chi connectivity index (χ0) is 14.1. The Hall–Kier alpha value is -1.55. The van der Waals surface area contributed by atoms with Crippen molar-refractivity contribution < 1.29 is 9.53 Å². The standard InChI is InChI=1S/C16H16BrNO2/c1-11(18-10-13(9-17)20-16(18)19)14-8-4-6-12-5-2-3-7-15(12)14/h2-8,11,13H,9-10H2,1H3/t11-,13-/m0/s1. The largest absolute Gasteiger partial charge is 0.443 e. The second-order valence-corrected chi connectivity index (χ2v) is 5.70. The van der Waals surface area contributed by atoms with Crippen LogP contribution in [0.1, 0.15) is 18.5 Å². The van der Waals surface area contributed by atoms with Crippen molar-refractivity contribution in [2.75, 3.05) is 11.9 Å². The van der Waals surface area contributed by atoms with Crippen LogP contribution in [0, 0.1) is 0 Å². The predicted molar refractivity (Wildman–Crippen MR) is 83.1 cm³/mol. The number of amides is 1. The highest BCUT2D eigenvalue weighted by molar-refractivity contribution is 9.09. The first-order chi connectivity index (χ1) is 9.70. The molecule has 0 aliphatic carbocycles. The van der Waals surface area contributed by atoms with Gasteiger partial charge in [0.1, 0.15) is 6.10 Å². The Kier molecular flexibility index (Phi) is 3.66. The van der Waals surface area contributed by atoms with E-state index in [1.807, 2.05) is 18.2 Å². The monoisotopic (exact) mass is 333 g/mol. The van der Waals surface area contributed by atoms with Crippen molar-refractivity contribution in [3.05, 3.63) is 48.0 Å². The van der Waals surface area contributed by atoms with Gasteiger partial charge in [-0.15, -0.1) is 0 Å². The summed E-state index contributed by atoms with van der Waals surface area (Å²) in [6.45, 7) is 2.69. The quantitative estimate of drug-likeness (QED) is 0.791. The molecule has 1 aliphatic rings. The minimum absolute atomic E-state index is 0.0117. The number of rotatable bonds is 3. The number of hydrogen-bond acceptors (Lipinski definition) is 2. The molecule has 1 fully saturated rings. The Bertz CT molecular complexity index is 638. The Balaban J connectivity index is 1.97. The summed E-state index contributed by atoms with van der Waals surface area (Å²) in [6.07, 6.45) is -0.283. The van der Waals surface area contributed by atoms with Gasteiger partial charge >= 0.3 is 6.09 Å². The number of carbonyl (C=O) groups is 1. The molecule has 20 heavy (non-hydrogen) atoms. The number of benzene rings is 2. The van der Waals surface area contributed by atoms with Gasteiger partial charge in [0.2, 0.25) is 0 Å². The first-order valence-electron chi connectivity index (χ1n) is 6.71. The fraction of sp³-hybridized carbons (Fsp3) is 0.312. The number of cyclic esters (lactones) is 1. The van der Waals surface area contributed by atoms with E-state index in [0.717, 1.165) is 5.56 Å². The molecule has 104 valence electrons. The van der Waals surface area contributed by atoms with Crippen LogP contribution in [-0.4, -0.2) is 29.0 Å². The predicted octanol–water partition coefficient (Wildman–Crippen LogP) is 4.12. The molecular formula is C16H16BrNO2. The van der Waals surface area contributed by atoms with E-state index < -0.39 is 0 Å². The molecule has 3 rings (SSSR count). The molecule has 0 bridgehead atoms. The summed E-state index contributed by atoms with van der Waals surface area (Å²) >= 11 is 3.37. The van der Waals surface area contributed by atoms with E-state index >= 15 is 0 Å². The number of alkyl halides is 1. The lowest BCUT2D eigenvalue weighted by molar-refractivity contribution is 0.135. The Morgan fingerprint density at radius 3 is 2.80 bits per heavy atom. The molecule has 2 aromatic rings. The average Bonchev–Trinajstić information content (AvgIpc) is 2.87. The maximum Gasteiger partial charge on any atom is 0.410 e. The van der Waals surface area contributed by atoms with Gasteiger partial charge in [0.15, 0.2) is 0 Å². The van der Waals surface area contributed by atoms with Gasteiger partial charge in [0.05, 0.1) is 12.6 Å². The van der Waals surface area contributed by atoms with Gasteiger partial charge < -0.3 is 4.74 Å². The van der Waals surface area contributed by atoms with Crippen molar-refractivity contribution in [2.24, 2.45) is 0 Å². The van der Waals surface area contributed by atoms with Gasteiger partial charge in [-0.1, -0.05) is 58.4 Å². The lowest BCUT2D eigenvalue weighted by Gasteiger charge is -2.23. The van der Waals surface area contributed by atoms with E-state index in [2.05, 4.69) is 47.1 Å². The van der Waals surface area contributed by atoms with Crippen molar-refractivity contribution >= 4 is 32.8 Å². The summed E-state index contributed by atoms with van der Waals surface area (Å²) in [5, 5.41) is 3.07. The third-order valence-electron chi connectivity index (χ3n) is 3.82. The normalized spacial score (nSPS) is 20.2. The highest BCUT2D eigenvalue weighted by Gasteiger charge is 2.34. The summed E-state index contributed by atoms with van der Waals surface area (Å²) in [5.74, 6) is 0. The van der Waals surface area contributed by atoms with Gasteiger partial charge in [-0.05, 0) is 23.3 Å². The van der Waals surface area contributed by atoms with Gasteiger partial charge in [0.25, 0.3) is 0 Å². The molecule has 1 amide bonds. The number of nitrogens with zero attached hydrogens (tertiary/aromatic N) is 1. The van der Waals surface area contributed by atoms with Crippen LogP contribution in [0.25, 0.3) is 10.8 Å². The summed E-state index contributed by atoms with van der Waals surface area (Å²) in [6, 6.07) is 14.5. The lowest BCUT2D eigenvalue weighted by Crippen LogP contribution is -2.28. The molecular weight excluding hydrogens is 318 g/mol. The number of halogens is 1. The molecule has 0 spiro atoms. The molecule has 0 N–H and O–H groups in total. The molecule has 4 heteroatoms. The molecule has 1 aliphatic heterocycles. The van der Waals surface area contributed by atoms with Crippen molar-refractivity contribution in [3.8, 4) is 0 Å². The highest BCUT2D eigenvalue weighted by Crippen LogP contribution is 2.31. The molecule has 1 heterocycles. The summed E-state index contributed by atoms with van der Waals surface area (Å²) in [7, 11) is 0. The minimum atomic E-state index is -0.227. The lowest BCUT2D eigenvalue weighted by atomic mass is 9.99. The second kappa shape index (κ2) is 5.44. The second-order valence-electron chi connectivity index (χ2n) is 5.06. The van der Waals surface area contributed by atoms with Gasteiger partial charge in [-0.25, -0.2) is 4.79 Å². The van der Waals surface area contributed by atoms with Gasteiger partial charge in [-0.2, -0.15) is 0 Å². The van der Waals surface area contributed by atoms with Crippen LogP contribution in [-0.2, 0) is 4.74 Å². The van der Waals surface area contributed by atoms with E-state index in [9.17, 15) is 4.79 Å². The van der Waals surface area contributed by atoms with E-state index in [1.54, 1.807) is 4.90 Å². The zero-order valence-electron chi connectivity index (χ0n) is 11.3. The molecule has 1 saturated heterocycles. The van der Waals surface area contributed by atoms with Crippen molar-refractivity contribution in [3.63, 3.8) is 0 Å². The van der Waals surface area contributed by atoms with Crippen molar-refractivity contribution in [1.29, 1.82) is 0 Å². The molecule has 0 saturated carbocycles. The molecule has 0 aromatic heterocycles. The van der Waals surface area contributed by atoms with E-state index in [4.69, 9.17) is 4.74 Å². The van der Waals surface area contributed by atoms with Crippen LogP contribution in [0.4, 0.5) is 4.79 Å². The fourth-order valence-corrected chi connectivity index (χ4v) is 3.06. The average molecular weight is 334 g/mol. The smallest absolute Gasteiger partial charge is 0.410 e. The molecule has 2 atom stereocenters. The third-order valence-corrected chi connectivity index (χ3v) is 4.54. The van der Waals surface area contributed by atoms with Crippen LogP contribution >= 0.6 is 15.9 Å². The van der Waals surface area contributed by atoms with Gasteiger partial charge in [0, 0.05) is 5.33 Å². The van der Waals surface area contributed by atoms with Crippen LogP contribution < -0.4 is 0 Å². The summed E-state index contributed by atoms with van der Waals surface area (Å²) in [4.78, 5) is 13.8. The van der Waals surface area contributed by atoms with E-state index in [1.165, 1.54) is 10.8 Å². The summed E-state index contributed by atoms with van der Waals surface area (Å²) in [5.41, 5.74) is 1.16. The number of hydrogen-bond donors (Lipinski definition) is 0. The maximum atomic E-state index is 12.0. The topological polar surface area (TPSA) is 29.5 Å². The Morgan fingerprint density at radius 2 is 2.05 bits per heavy atom. The van der Waals surface area contributed by atoms with E-state index in [0.29, 0.717) is 11.9 Å². The van der Waals surface area contributed by atoms with Gasteiger partial charge in [-0.3, -0.25) is 4.90 Å². The van der Waals surface area contributed by atoms with E-state index in [-0.39, 0.29) is 18.2 Å². The first-order valence-corrected chi connectivity index (χ1v) is 7.83. The number of fused-ring (bicyclic) bond motifs is 1. The zero-order valence-corrected chi connectivity index (χ0v) is 12.8. The maximum absolute atomic E-state index is 12.0. The SMILES string of the molecule is C[C@@H](c1cccc2ccccc12)N1C[C@H](CBr)OC1=O. The van der Waals surface area contributed by atoms with Crippen LogP contribution in [0.3, 0.4) is 0 Å². The molecule has 0 radical (unpaired) electrons. The number of ether oxygens (including phenoxy) is 1. The molecule has 0 unspecified atom stereocenters. The Morgan fingerprint density at radius 1 is 1.30 bits per heavy atom.